The molecule has 1 aliphatic carbocycles. The largest absolute Gasteiger partial charge is 0.369 e. The van der Waals surface area contributed by atoms with Crippen molar-refractivity contribution in [3.05, 3.63) is 30.0 Å². The molecule has 1 saturated carbocycles. The zero-order valence-electron chi connectivity index (χ0n) is 10.8. The number of aryl methyl sites for hydroxylation is 1. The Hall–Kier alpha value is -1.64. The van der Waals surface area contributed by atoms with Crippen molar-refractivity contribution in [2.45, 2.75) is 32.6 Å². The molecule has 1 heterocycles. The number of anilines is 1. The Morgan fingerprint density at radius 1 is 1.17 bits per heavy atom. The highest BCUT2D eigenvalue weighted by Gasteiger charge is 2.16. The molecular formula is C15H19N3. The van der Waals surface area contributed by atoms with Crippen LogP contribution in [-0.4, -0.2) is 16.5 Å². The van der Waals surface area contributed by atoms with E-state index in [0.29, 0.717) is 0 Å². The first kappa shape index (κ1) is 11.5. The second kappa shape index (κ2) is 4.92. The Morgan fingerprint density at radius 2 is 1.89 bits per heavy atom. The lowest BCUT2D eigenvalue weighted by Gasteiger charge is -2.25. The summed E-state index contributed by atoms with van der Waals surface area (Å²) in [6.07, 6.45) is 5.49. The number of nitrogens with zero attached hydrogens (tertiary/aromatic N) is 2. The highest BCUT2D eigenvalue weighted by molar-refractivity contribution is 5.76. The molecule has 3 nitrogen and oxygen atoms in total. The van der Waals surface area contributed by atoms with Gasteiger partial charge in [-0.2, -0.15) is 0 Å². The van der Waals surface area contributed by atoms with Crippen LogP contribution < -0.4 is 5.32 Å². The van der Waals surface area contributed by atoms with Gasteiger partial charge in [0.2, 0.25) is 0 Å². The summed E-state index contributed by atoms with van der Waals surface area (Å²) in [6, 6.07) is 8.02. The fraction of sp³-hybridized carbons (Fsp3) is 0.467. The van der Waals surface area contributed by atoms with Gasteiger partial charge < -0.3 is 5.32 Å². The molecule has 1 aliphatic rings. The van der Waals surface area contributed by atoms with Gasteiger partial charge in [0.15, 0.2) is 0 Å². The van der Waals surface area contributed by atoms with Crippen LogP contribution in [0.2, 0.25) is 0 Å². The lowest BCUT2D eigenvalue weighted by Crippen LogP contribution is -2.16. The van der Waals surface area contributed by atoms with Crippen LogP contribution in [0.15, 0.2) is 24.3 Å². The van der Waals surface area contributed by atoms with Crippen LogP contribution in [0.25, 0.3) is 11.0 Å². The Labute approximate surface area is 108 Å². The van der Waals surface area contributed by atoms with Gasteiger partial charge in [-0.25, -0.2) is 9.97 Å². The van der Waals surface area contributed by atoms with E-state index in [0.717, 1.165) is 35.0 Å². The summed E-state index contributed by atoms with van der Waals surface area (Å²) < 4.78 is 0. The Morgan fingerprint density at radius 3 is 2.56 bits per heavy atom. The topological polar surface area (TPSA) is 37.8 Å². The predicted molar refractivity (Wildman–Crippen MR) is 74.7 cm³/mol. The quantitative estimate of drug-likeness (QED) is 0.889. The number of hydrogen-bond donors (Lipinski definition) is 1. The van der Waals surface area contributed by atoms with Crippen molar-refractivity contribution in [1.29, 1.82) is 0 Å². The van der Waals surface area contributed by atoms with Crippen LogP contribution in [0.3, 0.4) is 0 Å². The lowest BCUT2D eigenvalue weighted by molar-refractivity contribution is 0.303. The minimum Gasteiger partial charge on any atom is -0.369 e. The van der Waals surface area contributed by atoms with Crippen LogP contribution in [0.1, 0.15) is 31.4 Å². The zero-order chi connectivity index (χ0) is 12.4. The number of benzene rings is 1. The second-order valence-corrected chi connectivity index (χ2v) is 5.16. The first-order valence-electron chi connectivity index (χ1n) is 6.80. The minimum absolute atomic E-state index is 0.936. The normalized spacial score (nSPS) is 15.6. The fourth-order valence-electron chi connectivity index (χ4n) is 2.43. The van der Waals surface area contributed by atoms with E-state index in [1.54, 1.807) is 0 Å². The van der Waals surface area contributed by atoms with Crippen molar-refractivity contribution >= 4 is 16.9 Å². The van der Waals surface area contributed by atoms with Gasteiger partial charge in [0, 0.05) is 6.54 Å². The third-order valence-corrected chi connectivity index (χ3v) is 3.81. The van der Waals surface area contributed by atoms with E-state index in [2.05, 4.69) is 15.3 Å². The smallest absolute Gasteiger partial charge is 0.148 e. The number of rotatable bonds is 4. The average molecular weight is 241 g/mol. The lowest BCUT2D eigenvalue weighted by atomic mass is 9.83. The molecule has 3 rings (SSSR count). The number of fused-ring (bicyclic) bond motifs is 1. The van der Waals surface area contributed by atoms with Crippen LogP contribution in [-0.2, 0) is 0 Å². The standard InChI is InChI=1S/C15H19N3/c1-11-15(16-10-9-12-5-4-6-12)18-14-8-3-2-7-13(14)17-11/h2-3,7-8,12H,4-6,9-10H2,1H3,(H,16,18). The maximum absolute atomic E-state index is 4.64. The van der Waals surface area contributed by atoms with Gasteiger partial charge in [0.1, 0.15) is 5.82 Å². The Kier molecular flexibility index (Phi) is 3.13. The van der Waals surface area contributed by atoms with Crippen LogP contribution in [0, 0.1) is 12.8 Å². The molecule has 0 unspecified atom stereocenters. The molecular weight excluding hydrogens is 222 g/mol. The molecule has 1 fully saturated rings. The molecule has 0 saturated heterocycles. The Bertz CT molecular complexity index is 546. The van der Waals surface area contributed by atoms with E-state index >= 15 is 0 Å². The Balaban J connectivity index is 1.72. The summed E-state index contributed by atoms with van der Waals surface area (Å²) in [5.41, 5.74) is 2.93. The molecule has 3 heteroatoms. The number of para-hydroxylation sites is 2. The molecule has 0 radical (unpaired) electrons. The summed E-state index contributed by atoms with van der Waals surface area (Å²) in [6.45, 7) is 3.03. The van der Waals surface area contributed by atoms with Gasteiger partial charge >= 0.3 is 0 Å². The minimum atomic E-state index is 0.936. The van der Waals surface area contributed by atoms with Crippen molar-refractivity contribution < 1.29 is 0 Å². The van der Waals surface area contributed by atoms with Crippen molar-refractivity contribution in [2.75, 3.05) is 11.9 Å². The van der Waals surface area contributed by atoms with E-state index in [4.69, 9.17) is 0 Å². The monoisotopic (exact) mass is 241 g/mol. The van der Waals surface area contributed by atoms with Crippen molar-refractivity contribution in [3.8, 4) is 0 Å². The zero-order valence-corrected chi connectivity index (χ0v) is 10.8. The van der Waals surface area contributed by atoms with Crippen LogP contribution in [0.5, 0.6) is 0 Å². The van der Waals surface area contributed by atoms with E-state index < -0.39 is 0 Å². The van der Waals surface area contributed by atoms with E-state index in [9.17, 15) is 0 Å². The highest BCUT2D eigenvalue weighted by atomic mass is 15.0. The molecule has 1 aromatic carbocycles. The van der Waals surface area contributed by atoms with Gasteiger partial charge in [0.25, 0.3) is 0 Å². The summed E-state index contributed by atoms with van der Waals surface area (Å²) in [5, 5.41) is 3.43. The molecule has 0 bridgehead atoms. The van der Waals surface area contributed by atoms with Crippen molar-refractivity contribution in [2.24, 2.45) is 5.92 Å². The van der Waals surface area contributed by atoms with Crippen LogP contribution in [0.4, 0.5) is 5.82 Å². The van der Waals surface area contributed by atoms with Crippen molar-refractivity contribution in [1.82, 2.24) is 9.97 Å². The van der Waals surface area contributed by atoms with Crippen molar-refractivity contribution in [3.63, 3.8) is 0 Å². The molecule has 2 aromatic rings. The van der Waals surface area contributed by atoms with Gasteiger partial charge in [-0.15, -0.1) is 0 Å². The summed E-state index contributed by atoms with van der Waals surface area (Å²) >= 11 is 0. The first-order valence-corrected chi connectivity index (χ1v) is 6.80. The van der Waals surface area contributed by atoms with Crippen LogP contribution >= 0.6 is 0 Å². The van der Waals surface area contributed by atoms with Gasteiger partial charge in [-0.3, -0.25) is 0 Å². The van der Waals surface area contributed by atoms with E-state index in [-0.39, 0.29) is 0 Å². The molecule has 0 atom stereocenters. The van der Waals surface area contributed by atoms with Gasteiger partial charge in [0.05, 0.1) is 16.7 Å². The summed E-state index contributed by atoms with van der Waals surface area (Å²) in [5.74, 6) is 1.87. The molecule has 94 valence electrons. The maximum Gasteiger partial charge on any atom is 0.148 e. The molecule has 0 amide bonds. The second-order valence-electron chi connectivity index (χ2n) is 5.16. The fourth-order valence-corrected chi connectivity index (χ4v) is 2.43. The summed E-state index contributed by atoms with van der Waals surface area (Å²) in [7, 11) is 0. The van der Waals surface area contributed by atoms with E-state index in [1.807, 2.05) is 31.2 Å². The van der Waals surface area contributed by atoms with Gasteiger partial charge in [-0.05, 0) is 31.4 Å². The molecule has 1 aromatic heterocycles. The highest BCUT2D eigenvalue weighted by Crippen LogP contribution is 2.29. The third kappa shape index (κ3) is 2.30. The molecule has 1 N–H and O–H groups in total. The number of nitrogens with one attached hydrogen (secondary N) is 1. The molecule has 0 spiro atoms. The average Bonchev–Trinajstić information content (AvgIpc) is 2.32. The number of hydrogen-bond acceptors (Lipinski definition) is 3. The first-order chi connectivity index (χ1) is 8.83. The SMILES string of the molecule is Cc1nc2ccccc2nc1NCCC1CCC1. The summed E-state index contributed by atoms with van der Waals surface area (Å²) in [4.78, 5) is 9.22. The van der Waals surface area contributed by atoms with E-state index in [1.165, 1.54) is 25.7 Å². The maximum atomic E-state index is 4.64. The third-order valence-electron chi connectivity index (χ3n) is 3.81. The molecule has 18 heavy (non-hydrogen) atoms. The number of aromatic nitrogens is 2. The predicted octanol–water partition coefficient (Wildman–Crippen LogP) is 3.54. The van der Waals surface area contributed by atoms with Gasteiger partial charge in [-0.1, -0.05) is 31.4 Å². The molecule has 0 aliphatic heterocycles.